The Morgan fingerprint density at radius 3 is 2.38 bits per heavy atom. The standard InChI is InChI=1S/C21H25F3N4O/c1-16(20(29)26(2)15-17-6-4-3-5-7-17)27-10-12-28(13-11-27)19-9-8-18(14-25-19)21(22,23)24/h3-9,14,16H,10-13,15H2,1-2H3/p+2/t16-/m1/s1. The number of quaternary nitrogens is 1. The average Bonchev–Trinajstić information content (AvgIpc) is 2.73. The zero-order valence-electron chi connectivity index (χ0n) is 16.7. The molecule has 156 valence electrons. The Kier molecular flexibility index (Phi) is 6.42. The van der Waals surface area contributed by atoms with E-state index in [1.165, 1.54) is 11.0 Å². The number of pyridine rings is 1. The quantitative estimate of drug-likeness (QED) is 0.810. The number of H-pyrrole nitrogens is 1. The molecule has 1 fully saturated rings. The molecule has 1 aromatic heterocycles. The van der Waals surface area contributed by atoms with Crippen molar-refractivity contribution in [2.75, 3.05) is 38.1 Å². The number of aromatic nitrogens is 1. The first-order valence-electron chi connectivity index (χ1n) is 9.73. The summed E-state index contributed by atoms with van der Waals surface area (Å²) in [6, 6.07) is 12.3. The Morgan fingerprint density at radius 2 is 1.83 bits per heavy atom. The number of hydrogen-bond donors (Lipinski definition) is 1. The summed E-state index contributed by atoms with van der Waals surface area (Å²) in [5.41, 5.74) is 0.402. The van der Waals surface area contributed by atoms with Crippen LogP contribution in [0, 0.1) is 0 Å². The molecule has 0 spiro atoms. The van der Waals surface area contributed by atoms with Crippen LogP contribution in [0.5, 0.6) is 0 Å². The highest BCUT2D eigenvalue weighted by atomic mass is 19.4. The third kappa shape index (κ3) is 5.26. The molecule has 29 heavy (non-hydrogen) atoms. The monoisotopic (exact) mass is 408 g/mol. The van der Waals surface area contributed by atoms with Crippen molar-refractivity contribution >= 4 is 11.7 Å². The summed E-state index contributed by atoms with van der Waals surface area (Å²) in [6.07, 6.45) is -3.35. The van der Waals surface area contributed by atoms with Gasteiger partial charge in [0.2, 0.25) is 0 Å². The number of piperazine rings is 1. The van der Waals surface area contributed by atoms with E-state index in [9.17, 15) is 18.0 Å². The Balaban J connectivity index is 1.53. The number of carbonyl (C=O) groups excluding carboxylic acids is 1. The lowest BCUT2D eigenvalue weighted by Gasteiger charge is -2.33. The van der Waals surface area contributed by atoms with Gasteiger partial charge in [-0.15, -0.1) is 0 Å². The fourth-order valence-electron chi connectivity index (χ4n) is 3.70. The Hall–Kier alpha value is -2.61. The molecule has 1 atom stereocenters. The van der Waals surface area contributed by atoms with Crippen LogP contribution in [0.1, 0.15) is 18.1 Å². The average molecular weight is 408 g/mol. The van der Waals surface area contributed by atoms with Crippen LogP contribution in [0.25, 0.3) is 0 Å². The minimum Gasteiger partial charge on any atom is -0.336 e. The van der Waals surface area contributed by atoms with Gasteiger partial charge in [0.15, 0.2) is 6.04 Å². The summed E-state index contributed by atoms with van der Waals surface area (Å²) < 4.78 is 38.1. The lowest BCUT2D eigenvalue weighted by atomic mass is 10.1. The smallest absolute Gasteiger partial charge is 0.336 e. The van der Waals surface area contributed by atoms with Gasteiger partial charge in [0.05, 0.1) is 5.56 Å². The van der Waals surface area contributed by atoms with E-state index in [0.29, 0.717) is 25.5 Å². The Morgan fingerprint density at radius 1 is 1.17 bits per heavy atom. The molecule has 1 aliphatic rings. The second-order valence-corrected chi connectivity index (χ2v) is 7.51. The molecule has 1 amide bonds. The summed E-state index contributed by atoms with van der Waals surface area (Å²) in [4.78, 5) is 20.5. The number of nitrogens with one attached hydrogen (secondary N) is 2. The third-order valence-electron chi connectivity index (χ3n) is 5.49. The maximum atomic E-state index is 12.8. The number of amides is 1. The first kappa shape index (κ1) is 21.1. The highest BCUT2D eigenvalue weighted by Crippen LogP contribution is 2.28. The molecule has 0 aliphatic carbocycles. The van der Waals surface area contributed by atoms with E-state index in [1.807, 2.05) is 49.2 Å². The van der Waals surface area contributed by atoms with E-state index >= 15 is 0 Å². The number of benzene rings is 1. The van der Waals surface area contributed by atoms with E-state index in [-0.39, 0.29) is 11.9 Å². The van der Waals surface area contributed by atoms with Gasteiger partial charge in [-0.25, -0.2) is 4.98 Å². The van der Waals surface area contributed by atoms with Gasteiger partial charge in [0.25, 0.3) is 11.7 Å². The summed E-state index contributed by atoms with van der Waals surface area (Å²) in [7, 11) is 1.82. The lowest BCUT2D eigenvalue weighted by molar-refractivity contribution is -0.915. The van der Waals surface area contributed by atoms with Crippen molar-refractivity contribution in [2.24, 2.45) is 0 Å². The first-order chi connectivity index (χ1) is 13.8. The van der Waals surface area contributed by atoms with Crippen LogP contribution >= 0.6 is 0 Å². The van der Waals surface area contributed by atoms with E-state index in [1.54, 1.807) is 4.90 Å². The van der Waals surface area contributed by atoms with E-state index in [2.05, 4.69) is 4.98 Å². The maximum absolute atomic E-state index is 12.8. The van der Waals surface area contributed by atoms with Crippen LogP contribution in [-0.2, 0) is 17.5 Å². The number of nitrogens with zero attached hydrogens (tertiary/aromatic N) is 2. The van der Waals surface area contributed by atoms with Gasteiger partial charge in [-0.05, 0) is 18.6 Å². The van der Waals surface area contributed by atoms with Crippen LogP contribution in [0.15, 0.2) is 48.7 Å². The SMILES string of the molecule is C[C@H](C(=O)N(C)Cc1ccccc1)[NH+]1CCN(c2ccc(C(F)(F)F)c[nH+]2)CC1. The predicted octanol–water partition coefficient (Wildman–Crippen LogP) is 1.27. The van der Waals surface area contributed by atoms with Crippen molar-refractivity contribution < 1.29 is 27.8 Å². The molecule has 1 saturated heterocycles. The highest BCUT2D eigenvalue weighted by Gasteiger charge is 2.35. The molecule has 2 N–H and O–H groups in total. The van der Waals surface area contributed by atoms with Gasteiger partial charge in [-0.3, -0.25) is 9.69 Å². The number of carbonyl (C=O) groups is 1. The number of halogens is 3. The van der Waals surface area contributed by atoms with Crippen molar-refractivity contribution in [1.29, 1.82) is 0 Å². The topological polar surface area (TPSA) is 42.1 Å². The van der Waals surface area contributed by atoms with Crippen LogP contribution in [-0.4, -0.2) is 50.1 Å². The van der Waals surface area contributed by atoms with Crippen LogP contribution in [0.3, 0.4) is 0 Å². The molecule has 3 rings (SSSR count). The molecule has 0 saturated carbocycles. The van der Waals surface area contributed by atoms with Crippen LogP contribution in [0.4, 0.5) is 19.0 Å². The first-order valence-corrected chi connectivity index (χ1v) is 9.73. The predicted molar refractivity (Wildman–Crippen MR) is 103 cm³/mol. The lowest BCUT2D eigenvalue weighted by Crippen LogP contribution is -3.19. The summed E-state index contributed by atoms with van der Waals surface area (Å²) in [5.74, 6) is 0.760. The normalized spacial score (nSPS) is 16.5. The number of hydrogen-bond acceptors (Lipinski definition) is 2. The van der Waals surface area contributed by atoms with Crippen LogP contribution < -0.4 is 14.8 Å². The number of anilines is 1. The van der Waals surface area contributed by atoms with E-state index < -0.39 is 11.7 Å². The van der Waals surface area contributed by atoms with Gasteiger partial charge in [0, 0.05) is 19.7 Å². The molecule has 0 radical (unpaired) electrons. The van der Waals surface area contributed by atoms with Gasteiger partial charge in [-0.1, -0.05) is 30.3 Å². The zero-order valence-corrected chi connectivity index (χ0v) is 16.7. The highest BCUT2D eigenvalue weighted by molar-refractivity contribution is 5.79. The molecule has 0 unspecified atom stereocenters. The van der Waals surface area contributed by atoms with Crippen molar-refractivity contribution in [3.05, 3.63) is 59.8 Å². The van der Waals surface area contributed by atoms with Crippen molar-refractivity contribution in [1.82, 2.24) is 4.90 Å². The summed E-state index contributed by atoms with van der Waals surface area (Å²) >= 11 is 0. The molecular weight excluding hydrogens is 381 g/mol. The summed E-state index contributed by atoms with van der Waals surface area (Å²) in [5, 5.41) is 0. The molecule has 5 nitrogen and oxygen atoms in total. The second-order valence-electron chi connectivity index (χ2n) is 7.51. The number of likely N-dealkylation sites (N-methyl/N-ethyl adjacent to an activating group) is 1. The second kappa shape index (κ2) is 8.82. The number of alkyl halides is 3. The molecule has 2 heterocycles. The van der Waals surface area contributed by atoms with E-state index in [0.717, 1.165) is 30.9 Å². The van der Waals surface area contributed by atoms with Crippen LogP contribution in [0.2, 0.25) is 0 Å². The minimum absolute atomic E-state index is 0.0957. The zero-order chi connectivity index (χ0) is 21.0. The maximum Gasteiger partial charge on any atom is 0.419 e. The minimum atomic E-state index is -4.35. The van der Waals surface area contributed by atoms with Gasteiger partial charge < -0.3 is 9.80 Å². The largest absolute Gasteiger partial charge is 0.419 e. The van der Waals surface area contributed by atoms with Crippen molar-refractivity contribution in [2.45, 2.75) is 25.7 Å². The number of aromatic amines is 1. The van der Waals surface area contributed by atoms with Crippen molar-refractivity contribution in [3.8, 4) is 0 Å². The van der Waals surface area contributed by atoms with Crippen molar-refractivity contribution in [3.63, 3.8) is 0 Å². The molecular formula is C21H27F3N4O+2. The fourth-order valence-corrected chi connectivity index (χ4v) is 3.70. The number of rotatable bonds is 5. The van der Waals surface area contributed by atoms with Gasteiger partial charge in [0.1, 0.15) is 32.4 Å². The van der Waals surface area contributed by atoms with Gasteiger partial charge in [-0.2, -0.15) is 13.2 Å². The molecule has 0 bridgehead atoms. The molecule has 8 heteroatoms. The Labute approximate surface area is 168 Å². The Bertz CT molecular complexity index is 803. The third-order valence-corrected chi connectivity index (χ3v) is 5.49. The van der Waals surface area contributed by atoms with E-state index in [4.69, 9.17) is 0 Å². The van der Waals surface area contributed by atoms with Gasteiger partial charge >= 0.3 is 6.18 Å². The molecule has 2 aromatic rings. The fraction of sp³-hybridized carbons (Fsp3) is 0.429. The summed E-state index contributed by atoms with van der Waals surface area (Å²) in [6.45, 7) is 5.37. The molecule has 1 aromatic carbocycles. The molecule has 1 aliphatic heterocycles.